The standard InChI is InChI=1S/C12H20N2O2S2/c1-10-6-5-7-11(13)12(10)18(15,16)14-8-3-4-9-17-2/h5-7,14H,3-4,8-9,13H2,1-2H3. The Kier molecular flexibility index (Phi) is 5.98. The van der Waals surface area contributed by atoms with Crippen LogP contribution in [-0.2, 0) is 10.0 Å². The quantitative estimate of drug-likeness (QED) is 0.594. The smallest absolute Gasteiger partial charge is 0.242 e. The third-order valence-corrected chi connectivity index (χ3v) is 4.95. The molecule has 0 amide bonds. The molecule has 0 fully saturated rings. The number of thioether (sulfide) groups is 1. The third kappa shape index (κ3) is 4.19. The molecule has 6 heteroatoms. The number of anilines is 1. The van der Waals surface area contributed by atoms with E-state index in [4.69, 9.17) is 5.73 Å². The molecule has 0 aliphatic carbocycles. The lowest BCUT2D eigenvalue weighted by molar-refractivity contribution is 0.578. The number of nitrogens with two attached hydrogens (primary N) is 1. The summed E-state index contributed by atoms with van der Waals surface area (Å²) in [6.07, 6.45) is 3.89. The van der Waals surface area contributed by atoms with Gasteiger partial charge in [-0.2, -0.15) is 11.8 Å². The fourth-order valence-corrected chi connectivity index (χ4v) is 3.61. The average molecular weight is 288 g/mol. The van der Waals surface area contributed by atoms with E-state index in [0.29, 0.717) is 17.8 Å². The van der Waals surface area contributed by atoms with Gasteiger partial charge in [0.15, 0.2) is 0 Å². The van der Waals surface area contributed by atoms with Crippen LogP contribution < -0.4 is 10.5 Å². The summed E-state index contributed by atoms with van der Waals surface area (Å²) < 4.78 is 26.8. The normalized spacial score (nSPS) is 11.7. The highest BCUT2D eigenvalue weighted by Crippen LogP contribution is 2.21. The molecular formula is C12H20N2O2S2. The molecule has 0 bridgehead atoms. The third-order valence-electron chi connectivity index (χ3n) is 2.58. The first-order valence-corrected chi connectivity index (χ1v) is 8.70. The largest absolute Gasteiger partial charge is 0.398 e. The van der Waals surface area contributed by atoms with Crippen LogP contribution in [0.5, 0.6) is 0 Å². The number of aryl methyl sites for hydroxylation is 1. The van der Waals surface area contributed by atoms with E-state index in [1.54, 1.807) is 36.9 Å². The molecule has 0 saturated heterocycles. The molecule has 0 saturated carbocycles. The topological polar surface area (TPSA) is 72.2 Å². The summed E-state index contributed by atoms with van der Waals surface area (Å²) in [7, 11) is -3.49. The molecule has 0 radical (unpaired) electrons. The van der Waals surface area contributed by atoms with Crippen LogP contribution in [0, 0.1) is 6.92 Å². The Morgan fingerprint density at radius 2 is 2.06 bits per heavy atom. The van der Waals surface area contributed by atoms with Gasteiger partial charge in [0.05, 0.1) is 5.69 Å². The summed E-state index contributed by atoms with van der Waals surface area (Å²) in [5.41, 5.74) is 6.71. The monoisotopic (exact) mass is 288 g/mol. The van der Waals surface area contributed by atoms with Crippen molar-refractivity contribution in [1.82, 2.24) is 4.72 Å². The summed E-state index contributed by atoms with van der Waals surface area (Å²) in [4.78, 5) is 0.204. The van der Waals surface area contributed by atoms with E-state index in [9.17, 15) is 8.42 Å². The molecule has 102 valence electrons. The van der Waals surface area contributed by atoms with Crippen molar-refractivity contribution in [3.8, 4) is 0 Å². The van der Waals surface area contributed by atoms with Crippen molar-refractivity contribution in [2.75, 3.05) is 24.3 Å². The zero-order chi connectivity index (χ0) is 13.6. The molecule has 1 aromatic rings. The van der Waals surface area contributed by atoms with Gasteiger partial charge in [0, 0.05) is 6.54 Å². The Bertz CT molecular complexity index is 467. The van der Waals surface area contributed by atoms with E-state index >= 15 is 0 Å². The number of sulfonamides is 1. The summed E-state index contributed by atoms with van der Waals surface area (Å²) >= 11 is 1.76. The van der Waals surface area contributed by atoms with Gasteiger partial charge in [-0.25, -0.2) is 13.1 Å². The van der Waals surface area contributed by atoms with E-state index in [1.165, 1.54) is 0 Å². The number of hydrogen-bond donors (Lipinski definition) is 2. The fraction of sp³-hybridized carbons (Fsp3) is 0.500. The zero-order valence-electron chi connectivity index (χ0n) is 10.8. The Labute approximate surface area is 113 Å². The van der Waals surface area contributed by atoms with Gasteiger partial charge in [-0.3, -0.25) is 0 Å². The van der Waals surface area contributed by atoms with Crippen LogP contribution in [0.25, 0.3) is 0 Å². The molecule has 0 unspecified atom stereocenters. The number of nitrogen functional groups attached to an aromatic ring is 1. The molecule has 0 spiro atoms. The SMILES string of the molecule is CSCCCCNS(=O)(=O)c1c(C)cccc1N. The van der Waals surface area contributed by atoms with Gasteiger partial charge in [-0.05, 0) is 43.4 Å². The molecule has 0 atom stereocenters. The van der Waals surface area contributed by atoms with Crippen molar-refractivity contribution in [1.29, 1.82) is 0 Å². The highest BCUT2D eigenvalue weighted by molar-refractivity contribution is 7.98. The molecule has 1 aromatic carbocycles. The molecule has 0 aliphatic rings. The van der Waals surface area contributed by atoms with Gasteiger partial charge in [0.1, 0.15) is 4.90 Å². The first-order chi connectivity index (χ1) is 8.49. The van der Waals surface area contributed by atoms with Gasteiger partial charge >= 0.3 is 0 Å². The Balaban J connectivity index is 2.69. The van der Waals surface area contributed by atoms with E-state index < -0.39 is 10.0 Å². The van der Waals surface area contributed by atoms with Crippen molar-refractivity contribution in [2.24, 2.45) is 0 Å². The Morgan fingerprint density at radius 3 is 2.67 bits per heavy atom. The van der Waals surface area contributed by atoms with Gasteiger partial charge < -0.3 is 5.73 Å². The number of nitrogens with one attached hydrogen (secondary N) is 1. The van der Waals surface area contributed by atoms with Crippen LogP contribution in [0.4, 0.5) is 5.69 Å². The molecule has 0 aromatic heterocycles. The van der Waals surface area contributed by atoms with Gasteiger partial charge in [-0.1, -0.05) is 12.1 Å². The van der Waals surface area contributed by atoms with Crippen LogP contribution >= 0.6 is 11.8 Å². The van der Waals surface area contributed by atoms with E-state index in [1.807, 2.05) is 6.26 Å². The molecule has 1 rings (SSSR count). The van der Waals surface area contributed by atoms with Crippen LogP contribution in [-0.4, -0.2) is 27.0 Å². The van der Waals surface area contributed by atoms with Gasteiger partial charge in [-0.15, -0.1) is 0 Å². The number of benzene rings is 1. The Morgan fingerprint density at radius 1 is 1.33 bits per heavy atom. The molecule has 18 heavy (non-hydrogen) atoms. The summed E-state index contributed by atoms with van der Waals surface area (Å²) in [6.45, 7) is 2.20. The average Bonchev–Trinajstić information content (AvgIpc) is 2.28. The molecular weight excluding hydrogens is 268 g/mol. The lowest BCUT2D eigenvalue weighted by Crippen LogP contribution is -2.26. The summed E-state index contributed by atoms with van der Waals surface area (Å²) in [6, 6.07) is 5.11. The van der Waals surface area contributed by atoms with Crippen LogP contribution in [0.1, 0.15) is 18.4 Å². The number of rotatable bonds is 7. The second-order valence-electron chi connectivity index (χ2n) is 4.09. The second kappa shape index (κ2) is 7.01. The van der Waals surface area contributed by atoms with Crippen LogP contribution in [0.15, 0.2) is 23.1 Å². The molecule has 4 nitrogen and oxygen atoms in total. The predicted molar refractivity (Wildman–Crippen MR) is 78.4 cm³/mol. The second-order valence-corrected chi connectivity index (χ2v) is 6.78. The van der Waals surface area contributed by atoms with Crippen molar-refractivity contribution < 1.29 is 8.42 Å². The van der Waals surface area contributed by atoms with Crippen molar-refractivity contribution >= 4 is 27.5 Å². The minimum atomic E-state index is -3.49. The maximum atomic E-state index is 12.1. The lowest BCUT2D eigenvalue weighted by Gasteiger charge is -2.11. The van der Waals surface area contributed by atoms with Crippen molar-refractivity contribution in [2.45, 2.75) is 24.7 Å². The van der Waals surface area contributed by atoms with Crippen LogP contribution in [0.3, 0.4) is 0 Å². The highest BCUT2D eigenvalue weighted by Gasteiger charge is 2.18. The van der Waals surface area contributed by atoms with E-state index in [0.717, 1.165) is 18.6 Å². The van der Waals surface area contributed by atoms with Crippen molar-refractivity contribution in [3.05, 3.63) is 23.8 Å². The van der Waals surface area contributed by atoms with E-state index in [-0.39, 0.29) is 4.90 Å². The molecule has 0 aliphatic heterocycles. The maximum Gasteiger partial charge on any atom is 0.242 e. The lowest BCUT2D eigenvalue weighted by atomic mass is 10.2. The predicted octanol–water partition coefficient (Wildman–Crippen LogP) is 2.00. The van der Waals surface area contributed by atoms with E-state index in [2.05, 4.69) is 4.72 Å². The summed E-state index contributed by atoms with van der Waals surface area (Å²) in [5.74, 6) is 1.05. The maximum absolute atomic E-state index is 12.1. The molecule has 3 N–H and O–H groups in total. The highest BCUT2D eigenvalue weighted by atomic mass is 32.2. The minimum absolute atomic E-state index is 0.204. The van der Waals surface area contributed by atoms with Crippen molar-refractivity contribution in [3.63, 3.8) is 0 Å². The number of unbranched alkanes of at least 4 members (excludes halogenated alkanes) is 1. The molecule has 0 heterocycles. The minimum Gasteiger partial charge on any atom is -0.398 e. The Hall–Kier alpha value is -0.720. The first kappa shape index (κ1) is 15.3. The number of hydrogen-bond acceptors (Lipinski definition) is 4. The zero-order valence-corrected chi connectivity index (χ0v) is 12.4. The fourth-order valence-electron chi connectivity index (χ4n) is 1.69. The van der Waals surface area contributed by atoms with Gasteiger partial charge in [0.25, 0.3) is 0 Å². The van der Waals surface area contributed by atoms with Crippen LogP contribution in [0.2, 0.25) is 0 Å². The van der Waals surface area contributed by atoms with Gasteiger partial charge in [0.2, 0.25) is 10.0 Å². The first-order valence-electron chi connectivity index (χ1n) is 5.82. The summed E-state index contributed by atoms with van der Waals surface area (Å²) in [5, 5.41) is 0.